The summed E-state index contributed by atoms with van der Waals surface area (Å²) < 4.78 is 57.0. The third kappa shape index (κ3) is 4.32. The average Bonchev–Trinajstić information content (AvgIpc) is 3.39. The SMILES string of the molecule is COc1ccc(C(=O)N2CCN(S(=O)(=O)c3c4c(c(OC)c5c3OCO5)CN(C)CC4)CC2)c(OC)c1. The summed E-state index contributed by atoms with van der Waals surface area (Å²) in [4.78, 5) is 17.1. The molecule has 5 rings (SSSR count). The molecule has 11 nitrogen and oxygen atoms in total. The van der Waals surface area contributed by atoms with Gasteiger partial charge in [-0.2, -0.15) is 4.31 Å². The lowest BCUT2D eigenvalue weighted by Crippen LogP contribution is -2.50. The van der Waals surface area contributed by atoms with Gasteiger partial charge in [-0.1, -0.05) is 0 Å². The summed E-state index contributed by atoms with van der Waals surface area (Å²) in [5.74, 6) is 1.83. The molecule has 0 aromatic heterocycles. The van der Waals surface area contributed by atoms with E-state index in [-0.39, 0.29) is 49.5 Å². The Balaban J connectivity index is 1.42. The number of hydrogen-bond donors (Lipinski definition) is 0. The van der Waals surface area contributed by atoms with Gasteiger partial charge in [0, 0.05) is 50.9 Å². The fraction of sp³-hybridized carbons (Fsp3) is 0.480. The number of hydrogen-bond acceptors (Lipinski definition) is 9. The summed E-state index contributed by atoms with van der Waals surface area (Å²) >= 11 is 0. The Morgan fingerprint density at radius 3 is 2.32 bits per heavy atom. The second-order valence-electron chi connectivity index (χ2n) is 9.13. The number of sulfonamides is 1. The van der Waals surface area contributed by atoms with Crippen LogP contribution in [0.4, 0.5) is 0 Å². The molecule has 0 saturated carbocycles. The fourth-order valence-corrected chi connectivity index (χ4v) is 6.97. The van der Waals surface area contributed by atoms with E-state index in [9.17, 15) is 13.2 Å². The highest BCUT2D eigenvalue weighted by Crippen LogP contribution is 2.51. The van der Waals surface area contributed by atoms with Crippen LogP contribution in [0.5, 0.6) is 28.7 Å². The molecule has 0 bridgehead atoms. The van der Waals surface area contributed by atoms with Crippen LogP contribution in [0.15, 0.2) is 23.1 Å². The molecule has 0 unspecified atom stereocenters. The van der Waals surface area contributed by atoms with Gasteiger partial charge in [-0.05, 0) is 31.2 Å². The molecule has 37 heavy (non-hydrogen) atoms. The van der Waals surface area contributed by atoms with E-state index in [0.29, 0.717) is 53.6 Å². The maximum atomic E-state index is 14.0. The number of amides is 1. The molecule has 2 aromatic rings. The van der Waals surface area contributed by atoms with E-state index in [1.807, 2.05) is 7.05 Å². The molecule has 12 heteroatoms. The van der Waals surface area contributed by atoms with E-state index in [1.54, 1.807) is 37.3 Å². The van der Waals surface area contributed by atoms with Gasteiger partial charge in [0.2, 0.25) is 22.6 Å². The van der Waals surface area contributed by atoms with Crippen molar-refractivity contribution in [1.82, 2.24) is 14.1 Å². The summed E-state index contributed by atoms with van der Waals surface area (Å²) in [5.41, 5.74) is 1.91. The van der Waals surface area contributed by atoms with Crippen molar-refractivity contribution in [3.8, 4) is 28.7 Å². The maximum Gasteiger partial charge on any atom is 0.257 e. The molecule has 200 valence electrons. The molecule has 3 aliphatic rings. The molecule has 1 saturated heterocycles. The molecule has 0 N–H and O–H groups in total. The molecule has 3 heterocycles. The normalized spacial score (nSPS) is 17.9. The number of methoxy groups -OCH3 is 3. The van der Waals surface area contributed by atoms with Crippen molar-refractivity contribution in [1.29, 1.82) is 0 Å². The zero-order valence-corrected chi connectivity index (χ0v) is 22.2. The van der Waals surface area contributed by atoms with E-state index in [0.717, 1.165) is 5.56 Å². The first-order valence-electron chi connectivity index (χ1n) is 12.0. The molecule has 0 spiro atoms. The predicted molar refractivity (Wildman–Crippen MR) is 133 cm³/mol. The molecule has 0 atom stereocenters. The first kappa shape index (κ1) is 25.4. The number of ether oxygens (including phenoxy) is 5. The zero-order chi connectivity index (χ0) is 26.3. The molecule has 1 amide bonds. The highest BCUT2D eigenvalue weighted by molar-refractivity contribution is 7.89. The van der Waals surface area contributed by atoms with Crippen LogP contribution in [0.3, 0.4) is 0 Å². The van der Waals surface area contributed by atoms with Crippen LogP contribution in [0.25, 0.3) is 0 Å². The topological polar surface area (TPSA) is 107 Å². The Labute approximate surface area is 216 Å². The van der Waals surface area contributed by atoms with Gasteiger partial charge in [0.1, 0.15) is 16.4 Å². The van der Waals surface area contributed by atoms with Gasteiger partial charge in [0.25, 0.3) is 5.91 Å². The molecule has 0 aliphatic carbocycles. The highest BCUT2D eigenvalue weighted by Gasteiger charge is 2.41. The van der Waals surface area contributed by atoms with Crippen LogP contribution in [0, 0.1) is 0 Å². The molecular formula is C25H31N3O8S. The van der Waals surface area contributed by atoms with Crippen molar-refractivity contribution in [2.75, 3.05) is 67.9 Å². The Kier molecular flexibility index (Phi) is 6.82. The lowest BCUT2D eigenvalue weighted by molar-refractivity contribution is 0.0694. The van der Waals surface area contributed by atoms with Gasteiger partial charge in [-0.25, -0.2) is 8.42 Å². The summed E-state index contributed by atoms with van der Waals surface area (Å²) in [6.07, 6.45) is 0.545. The van der Waals surface area contributed by atoms with Crippen molar-refractivity contribution in [2.24, 2.45) is 0 Å². The Hall–Kier alpha value is -3.22. The Morgan fingerprint density at radius 1 is 0.919 bits per heavy atom. The minimum atomic E-state index is -3.93. The number of carbonyl (C=O) groups excluding carboxylic acids is 1. The van der Waals surface area contributed by atoms with E-state index >= 15 is 0 Å². The van der Waals surface area contributed by atoms with Crippen molar-refractivity contribution in [3.05, 3.63) is 34.9 Å². The number of nitrogens with zero attached hydrogens (tertiary/aromatic N) is 3. The monoisotopic (exact) mass is 533 g/mol. The highest BCUT2D eigenvalue weighted by atomic mass is 32.2. The van der Waals surface area contributed by atoms with Gasteiger partial charge in [0.15, 0.2) is 11.5 Å². The number of piperazine rings is 1. The minimum Gasteiger partial charge on any atom is -0.497 e. The summed E-state index contributed by atoms with van der Waals surface area (Å²) in [6.45, 7) is 1.99. The third-order valence-corrected chi connectivity index (χ3v) is 9.07. The van der Waals surface area contributed by atoms with Crippen LogP contribution in [0.1, 0.15) is 21.5 Å². The van der Waals surface area contributed by atoms with Gasteiger partial charge in [0.05, 0.1) is 26.9 Å². The fourth-order valence-electron chi connectivity index (χ4n) is 5.14. The van der Waals surface area contributed by atoms with Crippen molar-refractivity contribution in [2.45, 2.75) is 17.9 Å². The van der Waals surface area contributed by atoms with Gasteiger partial charge in [-0.3, -0.25) is 4.79 Å². The van der Waals surface area contributed by atoms with Crippen molar-refractivity contribution < 1.29 is 36.9 Å². The van der Waals surface area contributed by atoms with Crippen molar-refractivity contribution >= 4 is 15.9 Å². The molecular weight excluding hydrogens is 502 g/mol. The average molecular weight is 534 g/mol. The lowest BCUT2D eigenvalue weighted by atomic mass is 9.97. The molecule has 2 aromatic carbocycles. The smallest absolute Gasteiger partial charge is 0.257 e. The number of carbonyl (C=O) groups is 1. The van der Waals surface area contributed by atoms with E-state index in [1.165, 1.54) is 11.4 Å². The van der Waals surface area contributed by atoms with Crippen LogP contribution in [0.2, 0.25) is 0 Å². The van der Waals surface area contributed by atoms with Crippen molar-refractivity contribution in [3.63, 3.8) is 0 Å². The van der Waals surface area contributed by atoms with Gasteiger partial charge < -0.3 is 33.5 Å². The van der Waals surface area contributed by atoms with Crippen LogP contribution < -0.4 is 23.7 Å². The Bertz CT molecular complexity index is 1320. The summed E-state index contributed by atoms with van der Waals surface area (Å²) in [6, 6.07) is 5.01. The number of likely N-dealkylation sites (N-methyl/N-ethyl adjacent to an activating group) is 1. The second-order valence-corrected chi connectivity index (χ2v) is 11.0. The quantitative estimate of drug-likeness (QED) is 0.547. The molecule has 1 fully saturated rings. The predicted octanol–water partition coefficient (Wildman–Crippen LogP) is 1.58. The molecule has 0 radical (unpaired) electrons. The maximum absolute atomic E-state index is 14.0. The largest absolute Gasteiger partial charge is 0.497 e. The van der Waals surface area contributed by atoms with E-state index in [2.05, 4.69) is 4.90 Å². The summed E-state index contributed by atoms with van der Waals surface area (Å²) in [5, 5.41) is 0. The first-order valence-corrected chi connectivity index (χ1v) is 13.5. The van der Waals surface area contributed by atoms with E-state index in [4.69, 9.17) is 23.7 Å². The Morgan fingerprint density at radius 2 is 1.65 bits per heavy atom. The molecule has 3 aliphatic heterocycles. The second kappa shape index (κ2) is 9.92. The third-order valence-electron chi connectivity index (χ3n) is 7.08. The number of rotatable bonds is 6. The standard InChI is InChI=1S/C25H31N3O8S/c1-26-8-7-17-19(14-26)21(34-4)22-23(36-15-35-22)24(17)37(30,31)28-11-9-27(10-12-28)25(29)18-6-5-16(32-2)13-20(18)33-3/h5-6,13H,7-12,14-15H2,1-4H3. The lowest BCUT2D eigenvalue weighted by Gasteiger charge is -2.35. The minimum absolute atomic E-state index is 0.0705. The zero-order valence-electron chi connectivity index (χ0n) is 21.4. The number of benzene rings is 2. The van der Waals surface area contributed by atoms with Gasteiger partial charge in [-0.15, -0.1) is 0 Å². The van der Waals surface area contributed by atoms with Crippen LogP contribution in [-0.4, -0.2) is 96.3 Å². The first-order chi connectivity index (χ1) is 17.8. The van der Waals surface area contributed by atoms with Crippen LogP contribution >= 0.6 is 0 Å². The van der Waals surface area contributed by atoms with Gasteiger partial charge >= 0.3 is 0 Å². The van der Waals surface area contributed by atoms with E-state index < -0.39 is 10.0 Å². The summed E-state index contributed by atoms with van der Waals surface area (Å²) in [7, 11) is 2.64. The number of fused-ring (bicyclic) bond motifs is 2. The van der Waals surface area contributed by atoms with Crippen LogP contribution in [-0.2, 0) is 23.0 Å².